The molecule has 0 unspecified atom stereocenters. The van der Waals surface area contributed by atoms with Crippen LogP contribution in [0.1, 0.15) is 41.9 Å². The summed E-state index contributed by atoms with van der Waals surface area (Å²) in [5, 5.41) is 10.8. The van der Waals surface area contributed by atoms with Crippen LogP contribution in [0.15, 0.2) is 72.8 Å². The number of Topliss-reactive ketones (excluding diaryl/α,β-unsaturated/α-hetero) is 1. The number of aliphatic hydroxyl groups is 1. The predicted molar refractivity (Wildman–Crippen MR) is 151 cm³/mol. The van der Waals surface area contributed by atoms with Crippen LogP contribution in [0.25, 0.3) is 11.1 Å². The SMILES string of the molecule is COC(=O)[C@@](CO)(CC(=O)[C@@H]1CCCN1C(=O)OCC1c2ccccc2-c2ccccc21)Cc1cccc(Cl)c1. The number of nitrogens with zero attached hydrogens (tertiary/aromatic N) is 1. The molecule has 1 aliphatic heterocycles. The maximum absolute atomic E-state index is 13.6. The Labute approximate surface area is 238 Å². The minimum absolute atomic E-state index is 0.0696. The number of benzene rings is 3. The lowest BCUT2D eigenvalue weighted by molar-refractivity contribution is -0.158. The number of fused-ring (bicyclic) bond motifs is 3. The summed E-state index contributed by atoms with van der Waals surface area (Å²) in [4.78, 5) is 41.2. The van der Waals surface area contributed by atoms with Crippen LogP contribution in [0.2, 0.25) is 5.02 Å². The first-order valence-electron chi connectivity index (χ1n) is 13.4. The number of aliphatic hydroxyl groups excluding tert-OH is 1. The van der Waals surface area contributed by atoms with E-state index in [1.165, 1.54) is 12.0 Å². The zero-order valence-electron chi connectivity index (χ0n) is 22.3. The summed E-state index contributed by atoms with van der Waals surface area (Å²) in [6, 6.07) is 22.4. The Kier molecular flexibility index (Phi) is 8.24. The number of hydrogen-bond donors (Lipinski definition) is 1. The number of amides is 1. The lowest BCUT2D eigenvalue weighted by Crippen LogP contribution is -2.46. The molecule has 8 heteroatoms. The number of likely N-dealkylation sites (tertiary alicyclic amines) is 1. The summed E-state index contributed by atoms with van der Waals surface area (Å²) in [5.74, 6) is -1.09. The number of hydrogen-bond acceptors (Lipinski definition) is 6. The van der Waals surface area contributed by atoms with E-state index in [-0.39, 0.29) is 31.1 Å². The van der Waals surface area contributed by atoms with E-state index in [1.807, 2.05) is 24.3 Å². The maximum atomic E-state index is 13.6. The number of methoxy groups -OCH3 is 1. The van der Waals surface area contributed by atoms with Crippen molar-refractivity contribution >= 4 is 29.4 Å². The predicted octanol–water partition coefficient (Wildman–Crippen LogP) is 5.41. The average Bonchev–Trinajstić information content (AvgIpc) is 3.59. The second kappa shape index (κ2) is 11.8. The molecule has 1 saturated heterocycles. The molecule has 0 spiro atoms. The monoisotopic (exact) mass is 561 g/mol. The topological polar surface area (TPSA) is 93.1 Å². The molecule has 1 heterocycles. The van der Waals surface area contributed by atoms with E-state index >= 15 is 0 Å². The number of carbonyl (C=O) groups is 3. The van der Waals surface area contributed by atoms with Gasteiger partial charge in [0, 0.05) is 23.9 Å². The third-order valence-electron chi connectivity index (χ3n) is 8.06. The minimum Gasteiger partial charge on any atom is -0.469 e. The third kappa shape index (κ3) is 5.36. The maximum Gasteiger partial charge on any atom is 0.410 e. The van der Waals surface area contributed by atoms with Crippen molar-refractivity contribution in [3.05, 3.63) is 94.5 Å². The van der Waals surface area contributed by atoms with Crippen molar-refractivity contribution in [3.8, 4) is 11.1 Å². The molecule has 1 aliphatic carbocycles. The van der Waals surface area contributed by atoms with E-state index in [2.05, 4.69) is 24.3 Å². The fraction of sp³-hybridized carbons (Fsp3) is 0.344. The van der Waals surface area contributed by atoms with Gasteiger partial charge in [0.1, 0.15) is 12.0 Å². The standard InChI is InChI=1S/C32H32ClNO6/c1-39-30(37)32(20-35,17-21-8-6-9-22(33)16-21)18-29(36)28-14-7-15-34(28)31(38)40-19-27-25-12-4-2-10-23(25)24-11-3-5-13-26(24)27/h2-6,8-13,16,27-28,35H,7,14-15,17-20H2,1H3/t28-,32+/m0/s1. The Hall–Kier alpha value is -3.68. The molecule has 2 atom stereocenters. The second-order valence-electron chi connectivity index (χ2n) is 10.5. The fourth-order valence-corrected chi connectivity index (χ4v) is 6.30. The van der Waals surface area contributed by atoms with Crippen molar-refractivity contribution in [3.63, 3.8) is 0 Å². The fourth-order valence-electron chi connectivity index (χ4n) is 6.09. The molecule has 3 aromatic rings. The Morgan fingerprint density at radius 2 is 1.68 bits per heavy atom. The van der Waals surface area contributed by atoms with E-state index in [0.29, 0.717) is 30.0 Å². The van der Waals surface area contributed by atoms with Crippen molar-refractivity contribution in [2.45, 2.75) is 37.6 Å². The number of carbonyl (C=O) groups excluding carboxylic acids is 3. The molecule has 0 saturated carbocycles. The molecule has 1 N–H and O–H groups in total. The van der Waals surface area contributed by atoms with E-state index in [4.69, 9.17) is 21.1 Å². The summed E-state index contributed by atoms with van der Waals surface area (Å²) in [5.41, 5.74) is 3.69. The Morgan fingerprint density at radius 3 is 2.30 bits per heavy atom. The molecule has 208 valence electrons. The molecule has 1 amide bonds. The third-order valence-corrected chi connectivity index (χ3v) is 8.30. The van der Waals surface area contributed by atoms with Gasteiger partial charge in [0.05, 0.1) is 19.8 Å². The molecule has 2 aliphatic rings. The van der Waals surface area contributed by atoms with Gasteiger partial charge in [-0.1, -0.05) is 72.3 Å². The molecule has 0 radical (unpaired) electrons. The normalized spacial score (nSPS) is 17.6. The Morgan fingerprint density at radius 1 is 1.00 bits per heavy atom. The van der Waals surface area contributed by atoms with Gasteiger partial charge in [0.25, 0.3) is 0 Å². The van der Waals surface area contributed by atoms with Gasteiger partial charge in [-0.2, -0.15) is 0 Å². The number of rotatable bonds is 9. The summed E-state index contributed by atoms with van der Waals surface area (Å²) in [7, 11) is 1.23. The molecule has 3 aromatic carbocycles. The molecule has 0 bridgehead atoms. The lowest BCUT2D eigenvalue weighted by Gasteiger charge is -2.31. The van der Waals surface area contributed by atoms with Crippen molar-refractivity contribution in [2.24, 2.45) is 5.41 Å². The van der Waals surface area contributed by atoms with Crippen LogP contribution in [0.4, 0.5) is 4.79 Å². The van der Waals surface area contributed by atoms with Crippen LogP contribution in [0, 0.1) is 5.41 Å². The summed E-state index contributed by atoms with van der Waals surface area (Å²) < 4.78 is 10.8. The van der Waals surface area contributed by atoms with Crippen LogP contribution < -0.4 is 0 Å². The highest BCUT2D eigenvalue weighted by Crippen LogP contribution is 2.44. The van der Waals surface area contributed by atoms with E-state index in [9.17, 15) is 19.5 Å². The van der Waals surface area contributed by atoms with Crippen molar-refractivity contribution in [1.29, 1.82) is 0 Å². The summed E-state index contributed by atoms with van der Waals surface area (Å²) in [6.07, 6.45) is 0.336. The van der Waals surface area contributed by atoms with Crippen LogP contribution in [-0.2, 0) is 25.5 Å². The van der Waals surface area contributed by atoms with Crippen molar-refractivity contribution in [2.75, 3.05) is 26.9 Å². The minimum atomic E-state index is -1.49. The molecular weight excluding hydrogens is 530 g/mol. The van der Waals surface area contributed by atoms with E-state index < -0.39 is 30.1 Å². The number of ketones is 1. The number of halogens is 1. The smallest absolute Gasteiger partial charge is 0.410 e. The van der Waals surface area contributed by atoms with Gasteiger partial charge in [0.2, 0.25) is 0 Å². The Balaban J connectivity index is 1.30. The van der Waals surface area contributed by atoms with Crippen LogP contribution in [0.3, 0.4) is 0 Å². The van der Waals surface area contributed by atoms with Gasteiger partial charge in [-0.3, -0.25) is 14.5 Å². The van der Waals surface area contributed by atoms with Crippen LogP contribution >= 0.6 is 11.6 Å². The molecule has 7 nitrogen and oxygen atoms in total. The lowest BCUT2D eigenvalue weighted by atomic mass is 9.76. The van der Waals surface area contributed by atoms with Crippen molar-refractivity contribution in [1.82, 2.24) is 4.90 Å². The highest BCUT2D eigenvalue weighted by atomic mass is 35.5. The zero-order chi connectivity index (χ0) is 28.3. The van der Waals surface area contributed by atoms with Gasteiger partial charge in [-0.25, -0.2) is 4.79 Å². The largest absolute Gasteiger partial charge is 0.469 e. The van der Waals surface area contributed by atoms with Crippen molar-refractivity contribution < 1.29 is 29.0 Å². The van der Waals surface area contributed by atoms with Gasteiger partial charge in [-0.15, -0.1) is 0 Å². The highest BCUT2D eigenvalue weighted by Gasteiger charge is 2.45. The zero-order valence-corrected chi connectivity index (χ0v) is 23.1. The quantitative estimate of drug-likeness (QED) is 0.351. The summed E-state index contributed by atoms with van der Waals surface area (Å²) in [6.45, 7) is -0.0525. The first-order chi connectivity index (χ1) is 19.4. The molecular formula is C32H32ClNO6. The van der Waals surface area contributed by atoms with Gasteiger partial charge in [0.15, 0.2) is 5.78 Å². The molecule has 0 aromatic heterocycles. The van der Waals surface area contributed by atoms with E-state index in [1.54, 1.807) is 24.3 Å². The number of esters is 1. The molecule has 5 rings (SSSR count). The van der Waals surface area contributed by atoms with Gasteiger partial charge in [-0.05, 0) is 59.2 Å². The highest BCUT2D eigenvalue weighted by molar-refractivity contribution is 6.30. The average molecular weight is 562 g/mol. The summed E-state index contributed by atoms with van der Waals surface area (Å²) >= 11 is 6.12. The van der Waals surface area contributed by atoms with Crippen LogP contribution in [-0.4, -0.2) is 60.8 Å². The second-order valence-corrected chi connectivity index (χ2v) is 11.0. The first-order valence-corrected chi connectivity index (χ1v) is 13.8. The van der Waals surface area contributed by atoms with Gasteiger partial charge < -0.3 is 14.6 Å². The van der Waals surface area contributed by atoms with Gasteiger partial charge >= 0.3 is 12.1 Å². The Bertz CT molecular complexity index is 1380. The molecule has 40 heavy (non-hydrogen) atoms. The van der Waals surface area contributed by atoms with Crippen LogP contribution in [0.5, 0.6) is 0 Å². The molecule has 1 fully saturated rings. The first kappa shape index (κ1) is 27.9. The number of ether oxygens (including phenoxy) is 2. The van der Waals surface area contributed by atoms with E-state index in [0.717, 1.165) is 22.3 Å².